The molecule has 0 aliphatic carbocycles. The van der Waals surface area contributed by atoms with Gasteiger partial charge < -0.3 is 5.32 Å². The minimum atomic E-state index is -0.444. The summed E-state index contributed by atoms with van der Waals surface area (Å²) < 4.78 is 15.1. The SMILES string of the molecule is CC(C)n1c(=O)[nH]c2c(c1=O)CC[C@H](c1ccccc1F)N2. The summed E-state index contributed by atoms with van der Waals surface area (Å²) in [6.07, 6.45) is 1.11. The largest absolute Gasteiger partial charge is 0.364 e. The molecule has 0 fully saturated rings. The fourth-order valence-electron chi connectivity index (χ4n) is 2.94. The van der Waals surface area contributed by atoms with E-state index >= 15 is 0 Å². The summed E-state index contributed by atoms with van der Waals surface area (Å²) in [5, 5.41) is 3.09. The van der Waals surface area contributed by atoms with Crippen LogP contribution in [0.3, 0.4) is 0 Å². The van der Waals surface area contributed by atoms with Crippen molar-refractivity contribution in [3.05, 3.63) is 62.0 Å². The molecule has 5 nitrogen and oxygen atoms in total. The quantitative estimate of drug-likeness (QED) is 0.895. The van der Waals surface area contributed by atoms with Gasteiger partial charge in [-0.1, -0.05) is 18.2 Å². The van der Waals surface area contributed by atoms with Gasteiger partial charge in [0.15, 0.2) is 0 Å². The summed E-state index contributed by atoms with van der Waals surface area (Å²) in [5.41, 5.74) is 0.386. The van der Waals surface area contributed by atoms with Gasteiger partial charge in [0, 0.05) is 11.6 Å². The number of nitrogens with zero attached hydrogens (tertiary/aromatic N) is 1. The molecule has 3 rings (SSSR count). The van der Waals surface area contributed by atoms with E-state index in [9.17, 15) is 14.0 Å². The Labute approximate surface area is 126 Å². The molecule has 116 valence electrons. The van der Waals surface area contributed by atoms with Crippen LogP contribution < -0.4 is 16.6 Å². The van der Waals surface area contributed by atoms with E-state index in [2.05, 4.69) is 10.3 Å². The second kappa shape index (κ2) is 5.44. The third kappa shape index (κ3) is 2.34. The Morgan fingerprint density at radius 2 is 2.00 bits per heavy atom. The minimum Gasteiger partial charge on any atom is -0.364 e. The van der Waals surface area contributed by atoms with Gasteiger partial charge in [-0.25, -0.2) is 9.18 Å². The van der Waals surface area contributed by atoms with Crippen molar-refractivity contribution in [3.8, 4) is 0 Å². The van der Waals surface area contributed by atoms with E-state index in [1.807, 2.05) is 0 Å². The fourth-order valence-corrected chi connectivity index (χ4v) is 2.94. The molecular formula is C16H18FN3O2. The highest BCUT2D eigenvalue weighted by Gasteiger charge is 2.25. The van der Waals surface area contributed by atoms with Gasteiger partial charge in [0.25, 0.3) is 5.56 Å². The molecule has 22 heavy (non-hydrogen) atoms. The van der Waals surface area contributed by atoms with Crippen molar-refractivity contribution in [2.24, 2.45) is 0 Å². The van der Waals surface area contributed by atoms with Crippen LogP contribution in [-0.2, 0) is 6.42 Å². The molecule has 0 radical (unpaired) electrons. The highest BCUT2D eigenvalue weighted by Crippen LogP contribution is 2.30. The molecule has 1 aromatic carbocycles. The predicted molar refractivity (Wildman–Crippen MR) is 82.8 cm³/mol. The van der Waals surface area contributed by atoms with Gasteiger partial charge in [0.2, 0.25) is 0 Å². The number of halogens is 1. The van der Waals surface area contributed by atoms with Crippen LogP contribution in [0.25, 0.3) is 0 Å². The second-order valence-electron chi connectivity index (χ2n) is 5.81. The molecule has 2 N–H and O–H groups in total. The van der Waals surface area contributed by atoms with Gasteiger partial charge in [-0.15, -0.1) is 0 Å². The number of hydrogen-bond donors (Lipinski definition) is 2. The average molecular weight is 303 g/mol. The first-order valence-electron chi connectivity index (χ1n) is 7.37. The lowest BCUT2D eigenvalue weighted by Crippen LogP contribution is -2.41. The molecule has 2 aromatic rings. The maximum absolute atomic E-state index is 13.9. The van der Waals surface area contributed by atoms with Crippen LogP contribution in [0.5, 0.6) is 0 Å². The molecule has 0 saturated carbocycles. The van der Waals surface area contributed by atoms with Crippen LogP contribution in [0, 0.1) is 5.82 Å². The van der Waals surface area contributed by atoms with Crippen molar-refractivity contribution in [1.82, 2.24) is 9.55 Å². The lowest BCUT2D eigenvalue weighted by atomic mass is 9.95. The van der Waals surface area contributed by atoms with E-state index in [0.29, 0.717) is 29.8 Å². The van der Waals surface area contributed by atoms with Gasteiger partial charge in [0.05, 0.1) is 11.6 Å². The van der Waals surface area contributed by atoms with E-state index in [1.165, 1.54) is 10.6 Å². The average Bonchev–Trinajstić information content (AvgIpc) is 2.46. The Morgan fingerprint density at radius 3 is 2.68 bits per heavy atom. The van der Waals surface area contributed by atoms with E-state index in [-0.39, 0.29) is 23.5 Å². The predicted octanol–water partition coefficient (Wildman–Crippen LogP) is 2.36. The third-order valence-electron chi connectivity index (χ3n) is 4.03. The smallest absolute Gasteiger partial charge is 0.330 e. The molecule has 1 aliphatic rings. The van der Waals surface area contributed by atoms with Gasteiger partial charge in [-0.2, -0.15) is 0 Å². The number of rotatable bonds is 2. The Balaban J connectivity index is 2.03. The molecule has 6 heteroatoms. The Bertz CT molecular complexity index is 823. The summed E-state index contributed by atoms with van der Waals surface area (Å²) in [6, 6.07) is 6.08. The summed E-state index contributed by atoms with van der Waals surface area (Å²) >= 11 is 0. The van der Waals surface area contributed by atoms with Crippen LogP contribution in [0.2, 0.25) is 0 Å². The fraction of sp³-hybridized carbons (Fsp3) is 0.375. The van der Waals surface area contributed by atoms with Gasteiger partial charge in [-0.05, 0) is 32.8 Å². The molecule has 2 heterocycles. The van der Waals surface area contributed by atoms with Crippen molar-refractivity contribution in [2.45, 2.75) is 38.8 Å². The number of aromatic amines is 1. The lowest BCUT2D eigenvalue weighted by Gasteiger charge is -2.27. The third-order valence-corrected chi connectivity index (χ3v) is 4.03. The van der Waals surface area contributed by atoms with Crippen molar-refractivity contribution >= 4 is 5.82 Å². The minimum absolute atomic E-state index is 0.203. The maximum Gasteiger partial charge on any atom is 0.330 e. The zero-order chi connectivity index (χ0) is 15.9. The molecule has 0 bridgehead atoms. The molecule has 1 atom stereocenters. The Morgan fingerprint density at radius 1 is 1.27 bits per heavy atom. The summed E-state index contributed by atoms with van der Waals surface area (Å²) in [4.78, 5) is 27.2. The molecular weight excluding hydrogens is 285 g/mol. The van der Waals surface area contributed by atoms with E-state index in [1.54, 1.807) is 32.0 Å². The molecule has 0 amide bonds. The monoisotopic (exact) mass is 303 g/mol. The number of nitrogens with one attached hydrogen (secondary N) is 2. The van der Waals surface area contributed by atoms with Crippen LogP contribution in [0.15, 0.2) is 33.9 Å². The highest BCUT2D eigenvalue weighted by molar-refractivity contribution is 5.48. The normalized spacial score (nSPS) is 17.2. The van der Waals surface area contributed by atoms with E-state index in [0.717, 1.165) is 0 Å². The second-order valence-corrected chi connectivity index (χ2v) is 5.81. The molecule has 1 aliphatic heterocycles. The van der Waals surface area contributed by atoms with E-state index in [4.69, 9.17) is 0 Å². The highest BCUT2D eigenvalue weighted by atomic mass is 19.1. The number of benzene rings is 1. The standard InChI is InChI=1S/C16H18FN3O2/c1-9(2)20-15(21)11-7-8-13(18-14(11)19-16(20)22)10-5-3-4-6-12(10)17/h3-6,9,13,18H,7-8H2,1-2H3,(H,19,22)/t13-/m1/s1. The van der Waals surface area contributed by atoms with Crippen molar-refractivity contribution in [1.29, 1.82) is 0 Å². The van der Waals surface area contributed by atoms with Gasteiger partial charge in [-0.3, -0.25) is 14.3 Å². The summed E-state index contributed by atoms with van der Waals surface area (Å²) in [7, 11) is 0. The maximum atomic E-state index is 13.9. The van der Waals surface area contributed by atoms with Crippen LogP contribution in [0.4, 0.5) is 10.2 Å². The zero-order valence-corrected chi connectivity index (χ0v) is 12.5. The molecule has 0 unspecified atom stereocenters. The number of hydrogen-bond acceptors (Lipinski definition) is 3. The van der Waals surface area contributed by atoms with Crippen LogP contribution >= 0.6 is 0 Å². The zero-order valence-electron chi connectivity index (χ0n) is 12.5. The van der Waals surface area contributed by atoms with Gasteiger partial charge in [0.1, 0.15) is 11.6 Å². The van der Waals surface area contributed by atoms with Crippen molar-refractivity contribution in [2.75, 3.05) is 5.32 Å². The first kappa shape index (κ1) is 14.6. The van der Waals surface area contributed by atoms with Crippen LogP contribution in [-0.4, -0.2) is 9.55 Å². The van der Waals surface area contributed by atoms with E-state index < -0.39 is 5.69 Å². The van der Waals surface area contributed by atoms with Crippen LogP contribution in [0.1, 0.15) is 43.5 Å². The van der Waals surface area contributed by atoms with Crippen molar-refractivity contribution in [3.63, 3.8) is 0 Å². The first-order valence-corrected chi connectivity index (χ1v) is 7.37. The lowest BCUT2D eigenvalue weighted by molar-refractivity contribution is 0.525. The Hall–Kier alpha value is -2.37. The number of anilines is 1. The number of fused-ring (bicyclic) bond motifs is 1. The Kier molecular flexibility index (Phi) is 3.60. The van der Waals surface area contributed by atoms with Gasteiger partial charge >= 0.3 is 5.69 Å². The molecule has 0 spiro atoms. The number of aromatic nitrogens is 2. The number of H-pyrrole nitrogens is 1. The topological polar surface area (TPSA) is 66.9 Å². The first-order chi connectivity index (χ1) is 10.5. The summed E-state index contributed by atoms with van der Waals surface area (Å²) in [5.74, 6) is 0.118. The molecule has 1 aromatic heterocycles. The summed E-state index contributed by atoms with van der Waals surface area (Å²) in [6.45, 7) is 3.59. The van der Waals surface area contributed by atoms with Crippen molar-refractivity contribution < 1.29 is 4.39 Å². The molecule has 0 saturated heterocycles.